The van der Waals surface area contributed by atoms with Gasteiger partial charge in [0.05, 0.1) is 17.8 Å². The molecule has 0 saturated heterocycles. The van der Waals surface area contributed by atoms with E-state index in [1.165, 1.54) is 32.1 Å². The van der Waals surface area contributed by atoms with Crippen LogP contribution in [0.5, 0.6) is 0 Å². The fraction of sp³-hybridized carbons (Fsp3) is 0.579. The van der Waals surface area contributed by atoms with Crippen molar-refractivity contribution in [3.8, 4) is 0 Å². The molecular formula is C19H29IN4OS. The third-order valence-corrected chi connectivity index (χ3v) is 5.59. The van der Waals surface area contributed by atoms with Gasteiger partial charge in [0.2, 0.25) is 0 Å². The number of rotatable bonds is 7. The molecule has 0 aliphatic heterocycles. The van der Waals surface area contributed by atoms with E-state index >= 15 is 0 Å². The summed E-state index contributed by atoms with van der Waals surface area (Å²) in [4.78, 5) is 9.22. The molecule has 1 aliphatic rings. The van der Waals surface area contributed by atoms with E-state index in [0.29, 0.717) is 12.0 Å². The lowest BCUT2D eigenvalue weighted by atomic mass is 9.96. The third-order valence-electron chi connectivity index (χ3n) is 4.59. The number of halogens is 1. The summed E-state index contributed by atoms with van der Waals surface area (Å²) in [6.07, 6.45) is 10.9. The number of thiazole rings is 1. The highest BCUT2D eigenvalue weighted by atomic mass is 127. The number of aromatic nitrogens is 1. The fourth-order valence-electron chi connectivity index (χ4n) is 3.14. The Hall–Kier alpha value is -1.09. The van der Waals surface area contributed by atoms with E-state index in [2.05, 4.69) is 22.5 Å². The largest absolute Gasteiger partial charge is 0.469 e. The number of guanidine groups is 1. The number of aliphatic imine (C=N–C) groups is 1. The molecule has 2 heterocycles. The van der Waals surface area contributed by atoms with Gasteiger partial charge in [-0.1, -0.05) is 26.2 Å². The van der Waals surface area contributed by atoms with Gasteiger partial charge in [0.15, 0.2) is 5.96 Å². The van der Waals surface area contributed by atoms with Gasteiger partial charge in [-0.05, 0) is 25.0 Å². The third kappa shape index (κ3) is 6.90. The summed E-state index contributed by atoms with van der Waals surface area (Å²) in [6.45, 7) is 3.75. The molecule has 26 heavy (non-hydrogen) atoms. The quantitative estimate of drug-likeness (QED) is 0.341. The van der Waals surface area contributed by atoms with Crippen LogP contribution in [0.4, 0.5) is 0 Å². The van der Waals surface area contributed by atoms with Gasteiger partial charge in [-0.15, -0.1) is 35.3 Å². The molecule has 0 amide bonds. The molecule has 0 bridgehead atoms. The SMILES string of the molecule is CC(CN=C(NCCc1ccco1)NC1CCCCC1)c1nccs1.I. The van der Waals surface area contributed by atoms with E-state index in [9.17, 15) is 0 Å². The predicted molar refractivity (Wildman–Crippen MR) is 119 cm³/mol. The van der Waals surface area contributed by atoms with E-state index in [1.807, 2.05) is 23.7 Å². The van der Waals surface area contributed by atoms with Gasteiger partial charge < -0.3 is 15.1 Å². The molecule has 3 rings (SSSR count). The highest BCUT2D eigenvalue weighted by Crippen LogP contribution is 2.19. The minimum Gasteiger partial charge on any atom is -0.469 e. The summed E-state index contributed by atoms with van der Waals surface area (Å²) < 4.78 is 5.41. The van der Waals surface area contributed by atoms with Crippen LogP contribution in [-0.4, -0.2) is 30.1 Å². The summed E-state index contributed by atoms with van der Waals surface area (Å²) in [5, 5.41) is 10.3. The Labute approximate surface area is 177 Å². The van der Waals surface area contributed by atoms with Crippen molar-refractivity contribution in [3.63, 3.8) is 0 Å². The van der Waals surface area contributed by atoms with Gasteiger partial charge in [-0.25, -0.2) is 4.98 Å². The minimum atomic E-state index is 0. The Morgan fingerprint density at radius 3 is 2.92 bits per heavy atom. The van der Waals surface area contributed by atoms with Crippen molar-refractivity contribution >= 4 is 41.3 Å². The lowest BCUT2D eigenvalue weighted by molar-refractivity contribution is 0.409. The number of nitrogens with one attached hydrogen (secondary N) is 2. The first-order chi connectivity index (χ1) is 12.3. The van der Waals surface area contributed by atoms with Gasteiger partial charge in [0.1, 0.15) is 5.76 Å². The number of hydrogen-bond donors (Lipinski definition) is 2. The van der Waals surface area contributed by atoms with Crippen molar-refractivity contribution in [3.05, 3.63) is 40.7 Å². The molecular weight excluding hydrogens is 459 g/mol. The van der Waals surface area contributed by atoms with Crippen LogP contribution in [0.15, 0.2) is 39.4 Å². The lowest BCUT2D eigenvalue weighted by Gasteiger charge is -2.25. The first-order valence-corrected chi connectivity index (χ1v) is 10.2. The minimum absolute atomic E-state index is 0. The zero-order valence-electron chi connectivity index (χ0n) is 15.3. The first-order valence-electron chi connectivity index (χ1n) is 9.28. The van der Waals surface area contributed by atoms with E-state index in [0.717, 1.165) is 36.2 Å². The van der Waals surface area contributed by atoms with Crippen molar-refractivity contribution < 1.29 is 4.42 Å². The fourth-order valence-corrected chi connectivity index (χ4v) is 3.83. The van der Waals surface area contributed by atoms with Crippen LogP contribution in [-0.2, 0) is 6.42 Å². The van der Waals surface area contributed by atoms with Crippen LogP contribution >= 0.6 is 35.3 Å². The maximum absolute atomic E-state index is 5.41. The molecule has 5 nitrogen and oxygen atoms in total. The van der Waals surface area contributed by atoms with Crippen molar-refractivity contribution in [2.45, 2.75) is 57.4 Å². The van der Waals surface area contributed by atoms with Crippen LogP contribution in [0.1, 0.15) is 55.7 Å². The highest BCUT2D eigenvalue weighted by molar-refractivity contribution is 14.0. The summed E-state index contributed by atoms with van der Waals surface area (Å²) >= 11 is 1.70. The Bertz CT molecular complexity index is 624. The molecule has 0 aromatic carbocycles. The van der Waals surface area contributed by atoms with Crippen LogP contribution < -0.4 is 10.6 Å². The Kier molecular flexibility index (Phi) is 9.45. The molecule has 2 N–H and O–H groups in total. The normalized spacial score (nSPS) is 16.7. The summed E-state index contributed by atoms with van der Waals surface area (Å²) in [5.74, 6) is 2.26. The van der Waals surface area contributed by atoms with Crippen molar-refractivity contribution in [2.24, 2.45) is 4.99 Å². The van der Waals surface area contributed by atoms with E-state index in [4.69, 9.17) is 9.41 Å². The molecule has 7 heteroatoms. The van der Waals surface area contributed by atoms with Crippen LogP contribution in [0.3, 0.4) is 0 Å². The van der Waals surface area contributed by atoms with Crippen molar-refractivity contribution in [2.75, 3.05) is 13.1 Å². The average molecular weight is 488 g/mol. The van der Waals surface area contributed by atoms with Gasteiger partial charge in [-0.3, -0.25) is 4.99 Å². The number of hydrogen-bond acceptors (Lipinski definition) is 4. The van der Waals surface area contributed by atoms with Crippen LogP contribution in [0.25, 0.3) is 0 Å². The van der Waals surface area contributed by atoms with Crippen molar-refractivity contribution in [1.82, 2.24) is 15.6 Å². The Morgan fingerprint density at radius 2 is 2.23 bits per heavy atom. The van der Waals surface area contributed by atoms with Crippen LogP contribution in [0, 0.1) is 0 Å². The molecule has 2 aromatic heterocycles. The maximum atomic E-state index is 5.41. The predicted octanol–water partition coefficient (Wildman–Crippen LogP) is 4.57. The number of furan rings is 1. The topological polar surface area (TPSA) is 62.5 Å². The van der Waals surface area contributed by atoms with Gasteiger partial charge in [0.25, 0.3) is 0 Å². The zero-order chi connectivity index (χ0) is 17.3. The standard InChI is InChI=1S/C19H28N4OS.HI/c1-15(18-20-11-13-25-18)14-22-19(23-16-6-3-2-4-7-16)21-10-9-17-8-5-12-24-17;/h5,8,11-13,15-16H,2-4,6-7,9-10,14H2,1H3,(H2,21,22,23);1H. The van der Waals surface area contributed by atoms with E-state index < -0.39 is 0 Å². The van der Waals surface area contributed by atoms with Gasteiger partial charge >= 0.3 is 0 Å². The highest BCUT2D eigenvalue weighted by Gasteiger charge is 2.15. The van der Waals surface area contributed by atoms with E-state index in [-0.39, 0.29) is 24.0 Å². The lowest BCUT2D eigenvalue weighted by Crippen LogP contribution is -2.45. The molecule has 2 aromatic rings. The molecule has 1 saturated carbocycles. The summed E-state index contributed by atoms with van der Waals surface area (Å²) in [7, 11) is 0. The number of nitrogens with zero attached hydrogens (tertiary/aromatic N) is 2. The van der Waals surface area contributed by atoms with E-state index in [1.54, 1.807) is 17.6 Å². The molecule has 1 unspecified atom stereocenters. The second-order valence-corrected chi connectivity index (χ2v) is 7.62. The molecule has 1 aliphatic carbocycles. The average Bonchev–Trinajstić information content (AvgIpc) is 3.34. The smallest absolute Gasteiger partial charge is 0.191 e. The monoisotopic (exact) mass is 488 g/mol. The maximum Gasteiger partial charge on any atom is 0.191 e. The molecule has 0 spiro atoms. The molecule has 0 radical (unpaired) electrons. The summed E-state index contributed by atoms with van der Waals surface area (Å²) in [6, 6.07) is 4.48. The zero-order valence-corrected chi connectivity index (χ0v) is 18.5. The Morgan fingerprint density at radius 1 is 1.38 bits per heavy atom. The van der Waals surface area contributed by atoms with Gasteiger partial charge in [0, 0.05) is 36.5 Å². The molecule has 144 valence electrons. The van der Waals surface area contributed by atoms with Crippen LogP contribution in [0.2, 0.25) is 0 Å². The first kappa shape index (κ1) is 21.2. The van der Waals surface area contributed by atoms with Crippen molar-refractivity contribution in [1.29, 1.82) is 0 Å². The Balaban J connectivity index is 0.00000243. The second-order valence-electron chi connectivity index (χ2n) is 6.70. The summed E-state index contributed by atoms with van der Waals surface area (Å²) in [5.41, 5.74) is 0. The molecule has 1 atom stereocenters. The van der Waals surface area contributed by atoms with Gasteiger partial charge in [-0.2, -0.15) is 0 Å². The molecule has 1 fully saturated rings. The second kappa shape index (κ2) is 11.6.